The van der Waals surface area contributed by atoms with Crippen LogP contribution in [0.1, 0.15) is 39.2 Å². The van der Waals surface area contributed by atoms with Crippen LogP contribution in [0, 0.1) is 0 Å². The quantitative estimate of drug-likeness (QED) is 0.718. The van der Waals surface area contributed by atoms with Crippen molar-refractivity contribution < 1.29 is 24.2 Å². The van der Waals surface area contributed by atoms with Gasteiger partial charge in [-0.25, -0.2) is 4.79 Å². The van der Waals surface area contributed by atoms with Gasteiger partial charge in [0.2, 0.25) is 0 Å². The second kappa shape index (κ2) is 9.15. The van der Waals surface area contributed by atoms with Crippen LogP contribution >= 0.6 is 0 Å². The molecule has 0 bridgehead atoms. The third kappa shape index (κ3) is 9.52. The van der Waals surface area contributed by atoms with Gasteiger partial charge in [-0.3, -0.25) is 4.79 Å². The largest absolute Gasteiger partial charge is 0.466 e. The minimum Gasteiger partial charge on any atom is -0.466 e. The van der Waals surface area contributed by atoms with E-state index in [9.17, 15) is 14.7 Å². The fourth-order valence-electron chi connectivity index (χ4n) is 1.74. The second-order valence-corrected chi connectivity index (χ2v) is 6.09. The fraction of sp³-hybridized carbons (Fsp3) is 0.529. The van der Waals surface area contributed by atoms with Gasteiger partial charge >= 0.3 is 12.1 Å². The van der Waals surface area contributed by atoms with Crippen molar-refractivity contribution in [3.8, 4) is 0 Å². The Kier molecular flexibility index (Phi) is 7.54. The van der Waals surface area contributed by atoms with Crippen LogP contribution in [0.15, 0.2) is 30.3 Å². The molecule has 6 heteroatoms. The molecule has 1 aromatic carbocycles. The molecule has 1 aromatic rings. The van der Waals surface area contributed by atoms with E-state index >= 15 is 0 Å². The van der Waals surface area contributed by atoms with Crippen LogP contribution in [-0.4, -0.2) is 35.4 Å². The molecule has 0 spiro atoms. The Bertz CT molecular complexity index is 495. The maximum Gasteiger partial charge on any atom is 0.407 e. The van der Waals surface area contributed by atoms with E-state index in [0.29, 0.717) is 6.42 Å². The maximum absolute atomic E-state index is 11.6. The van der Waals surface area contributed by atoms with Gasteiger partial charge < -0.3 is 19.9 Å². The predicted molar refractivity (Wildman–Crippen MR) is 85.7 cm³/mol. The average Bonchev–Trinajstić information content (AvgIpc) is 2.44. The van der Waals surface area contributed by atoms with Gasteiger partial charge in [0.1, 0.15) is 6.61 Å². The number of benzene rings is 1. The van der Waals surface area contributed by atoms with Crippen LogP contribution in [0.25, 0.3) is 0 Å². The van der Waals surface area contributed by atoms with Gasteiger partial charge in [0.15, 0.2) is 0 Å². The zero-order valence-corrected chi connectivity index (χ0v) is 13.9. The SMILES string of the molecule is C[C@@H](CC(=O)OCCC(C)(C)O)NC(=O)OCc1ccccc1. The van der Waals surface area contributed by atoms with E-state index in [-0.39, 0.29) is 19.6 Å². The molecule has 0 radical (unpaired) electrons. The molecule has 0 heterocycles. The molecular weight excluding hydrogens is 298 g/mol. The summed E-state index contributed by atoms with van der Waals surface area (Å²) in [6, 6.07) is 8.93. The van der Waals surface area contributed by atoms with Crippen molar-refractivity contribution in [1.82, 2.24) is 5.32 Å². The van der Waals surface area contributed by atoms with Crippen LogP contribution in [0.3, 0.4) is 0 Å². The van der Waals surface area contributed by atoms with Crippen LogP contribution in [0.2, 0.25) is 0 Å². The van der Waals surface area contributed by atoms with Crippen LogP contribution < -0.4 is 5.32 Å². The van der Waals surface area contributed by atoms with E-state index in [2.05, 4.69) is 5.32 Å². The topological polar surface area (TPSA) is 84.9 Å². The molecule has 0 fully saturated rings. The van der Waals surface area contributed by atoms with E-state index in [1.54, 1.807) is 20.8 Å². The number of carbonyl (C=O) groups excluding carboxylic acids is 2. The highest BCUT2D eigenvalue weighted by atomic mass is 16.5. The fourth-order valence-corrected chi connectivity index (χ4v) is 1.74. The summed E-state index contributed by atoms with van der Waals surface area (Å²) in [5.41, 5.74) is 0.0205. The molecule has 1 atom stereocenters. The molecule has 2 N–H and O–H groups in total. The van der Waals surface area contributed by atoms with Gasteiger partial charge in [-0.2, -0.15) is 0 Å². The Morgan fingerprint density at radius 1 is 1.22 bits per heavy atom. The van der Waals surface area contributed by atoms with Gasteiger partial charge in [0, 0.05) is 12.5 Å². The average molecular weight is 323 g/mol. The first kappa shape index (κ1) is 19.0. The summed E-state index contributed by atoms with van der Waals surface area (Å²) in [6.45, 7) is 5.31. The normalized spacial score (nSPS) is 12.3. The number of aliphatic hydroxyl groups is 1. The molecule has 0 saturated heterocycles. The highest BCUT2D eigenvalue weighted by Gasteiger charge is 2.16. The standard InChI is InChI=1S/C17H25NO5/c1-13(11-15(19)22-10-9-17(2,3)21)18-16(20)23-12-14-7-5-4-6-8-14/h4-8,13,21H,9-12H2,1-3H3,(H,18,20)/t13-/m0/s1. The van der Waals surface area contributed by atoms with Crippen molar-refractivity contribution in [2.75, 3.05) is 6.61 Å². The number of rotatable bonds is 8. The zero-order valence-electron chi connectivity index (χ0n) is 13.9. The van der Waals surface area contributed by atoms with Gasteiger partial charge in [-0.1, -0.05) is 30.3 Å². The van der Waals surface area contributed by atoms with E-state index in [1.165, 1.54) is 0 Å². The highest BCUT2D eigenvalue weighted by Crippen LogP contribution is 2.07. The van der Waals surface area contributed by atoms with E-state index in [1.807, 2.05) is 30.3 Å². The van der Waals surface area contributed by atoms with Crippen molar-refractivity contribution in [3.63, 3.8) is 0 Å². The number of nitrogens with one attached hydrogen (secondary N) is 1. The van der Waals surface area contributed by atoms with Crippen LogP contribution in [0.4, 0.5) is 4.79 Å². The van der Waals surface area contributed by atoms with E-state index in [4.69, 9.17) is 9.47 Å². The zero-order chi connectivity index (χ0) is 17.3. The number of hydrogen-bond acceptors (Lipinski definition) is 5. The van der Waals surface area contributed by atoms with Crippen molar-refractivity contribution in [1.29, 1.82) is 0 Å². The van der Waals surface area contributed by atoms with E-state index in [0.717, 1.165) is 5.56 Å². The third-order valence-electron chi connectivity index (χ3n) is 3.03. The molecule has 1 amide bonds. The molecule has 0 aromatic heterocycles. The predicted octanol–water partition coefficient (Wildman–Crippen LogP) is 2.40. The molecule has 128 valence electrons. The monoisotopic (exact) mass is 323 g/mol. The Balaban J connectivity index is 2.20. The van der Waals surface area contributed by atoms with Gasteiger partial charge in [0.05, 0.1) is 18.6 Å². The lowest BCUT2D eigenvalue weighted by atomic mass is 10.1. The summed E-state index contributed by atoms with van der Waals surface area (Å²) in [5.74, 6) is -0.426. The summed E-state index contributed by atoms with van der Waals surface area (Å²) in [4.78, 5) is 23.2. The number of alkyl carbamates (subject to hydrolysis) is 1. The molecular formula is C17H25NO5. The van der Waals surface area contributed by atoms with Gasteiger partial charge in [-0.15, -0.1) is 0 Å². The molecule has 1 rings (SSSR count). The Labute approximate surface area is 136 Å². The molecule has 6 nitrogen and oxygen atoms in total. The molecule has 0 aliphatic carbocycles. The highest BCUT2D eigenvalue weighted by molar-refractivity contribution is 5.72. The first-order chi connectivity index (χ1) is 10.8. The molecule has 0 aliphatic rings. The van der Waals surface area contributed by atoms with Crippen molar-refractivity contribution in [2.45, 2.75) is 51.9 Å². The lowest BCUT2D eigenvalue weighted by Gasteiger charge is -2.17. The number of carbonyl (C=O) groups is 2. The van der Waals surface area contributed by atoms with Crippen molar-refractivity contribution in [2.24, 2.45) is 0 Å². The first-order valence-corrected chi connectivity index (χ1v) is 7.61. The Hall–Kier alpha value is -2.08. The minimum atomic E-state index is -0.870. The molecule has 23 heavy (non-hydrogen) atoms. The van der Waals surface area contributed by atoms with E-state index < -0.39 is 23.7 Å². The minimum absolute atomic E-state index is 0.0479. The summed E-state index contributed by atoms with van der Waals surface area (Å²) < 4.78 is 10.1. The Morgan fingerprint density at radius 2 is 1.87 bits per heavy atom. The summed E-state index contributed by atoms with van der Waals surface area (Å²) in [6.07, 6.45) is -0.169. The van der Waals surface area contributed by atoms with Crippen LogP contribution in [0.5, 0.6) is 0 Å². The number of hydrogen-bond donors (Lipinski definition) is 2. The van der Waals surface area contributed by atoms with Gasteiger partial charge in [0.25, 0.3) is 0 Å². The summed E-state index contributed by atoms with van der Waals surface area (Å²) in [7, 11) is 0. The number of ether oxygens (including phenoxy) is 2. The molecule has 0 aliphatic heterocycles. The maximum atomic E-state index is 11.6. The second-order valence-electron chi connectivity index (χ2n) is 6.09. The lowest BCUT2D eigenvalue weighted by Crippen LogP contribution is -2.35. The first-order valence-electron chi connectivity index (χ1n) is 7.61. The smallest absolute Gasteiger partial charge is 0.407 e. The molecule has 0 unspecified atom stereocenters. The number of amides is 1. The van der Waals surface area contributed by atoms with Crippen LogP contribution in [-0.2, 0) is 20.9 Å². The van der Waals surface area contributed by atoms with Gasteiger partial charge in [-0.05, 0) is 26.3 Å². The lowest BCUT2D eigenvalue weighted by molar-refractivity contribution is -0.145. The number of esters is 1. The Morgan fingerprint density at radius 3 is 2.48 bits per heavy atom. The summed E-state index contributed by atoms with van der Waals surface area (Å²) >= 11 is 0. The third-order valence-corrected chi connectivity index (χ3v) is 3.03. The molecule has 0 saturated carbocycles. The van der Waals surface area contributed by atoms with Crippen molar-refractivity contribution in [3.05, 3.63) is 35.9 Å². The summed E-state index contributed by atoms with van der Waals surface area (Å²) in [5, 5.41) is 12.1. The van der Waals surface area contributed by atoms with Crippen molar-refractivity contribution >= 4 is 12.1 Å².